The number of carbonyl (C=O) groups excluding carboxylic acids is 2. The lowest BCUT2D eigenvalue weighted by molar-refractivity contribution is -0.141. The first-order valence-corrected chi connectivity index (χ1v) is 13.5. The monoisotopic (exact) mass is 538 g/mol. The number of carbonyl (C=O) groups is 2. The van der Waals surface area contributed by atoms with Crippen molar-refractivity contribution in [1.82, 2.24) is 24.8 Å². The van der Waals surface area contributed by atoms with Gasteiger partial charge in [-0.25, -0.2) is 9.97 Å². The van der Waals surface area contributed by atoms with Gasteiger partial charge in [-0.1, -0.05) is 24.3 Å². The molecule has 11 heteroatoms. The Morgan fingerprint density at radius 2 is 1.40 bits per heavy atom. The normalized spacial score (nSPS) is 18.8. The number of benzene rings is 1. The number of pyridine rings is 1. The average Bonchev–Trinajstić information content (AvgIpc) is 3.61. The van der Waals surface area contributed by atoms with Gasteiger partial charge in [-0.3, -0.25) is 24.6 Å². The lowest BCUT2D eigenvalue weighted by Crippen LogP contribution is -2.51. The Balaban J connectivity index is 1.15. The molecule has 4 heterocycles. The Labute approximate surface area is 231 Å². The molecule has 3 aliphatic rings. The van der Waals surface area contributed by atoms with E-state index < -0.39 is 12.8 Å². The van der Waals surface area contributed by atoms with Crippen LogP contribution >= 0.6 is 0 Å². The molecule has 0 radical (unpaired) electrons. The summed E-state index contributed by atoms with van der Waals surface area (Å²) < 4.78 is 0. The first kappa shape index (κ1) is 25.8. The predicted molar refractivity (Wildman–Crippen MR) is 149 cm³/mol. The van der Waals surface area contributed by atoms with Gasteiger partial charge in [0.1, 0.15) is 12.8 Å². The molecule has 0 spiro atoms. The van der Waals surface area contributed by atoms with Crippen molar-refractivity contribution < 1.29 is 14.7 Å². The summed E-state index contributed by atoms with van der Waals surface area (Å²) in [7, 11) is 0. The third kappa shape index (κ3) is 5.46. The molecule has 2 N–H and O–H groups in total. The minimum absolute atomic E-state index is 0.0720. The molecule has 1 fully saturated rings. The minimum Gasteiger partial charge on any atom is -0.387 e. The molecule has 1 unspecified atom stereocenters. The van der Waals surface area contributed by atoms with E-state index in [0.717, 1.165) is 24.0 Å². The van der Waals surface area contributed by atoms with Crippen molar-refractivity contribution in [3.8, 4) is 0 Å². The van der Waals surface area contributed by atoms with Crippen molar-refractivity contribution in [3.05, 3.63) is 83.4 Å². The van der Waals surface area contributed by atoms with Crippen LogP contribution in [0.5, 0.6) is 0 Å². The number of piperazine rings is 1. The van der Waals surface area contributed by atoms with Crippen LogP contribution in [0.3, 0.4) is 0 Å². The maximum absolute atomic E-state index is 13.1. The summed E-state index contributed by atoms with van der Waals surface area (Å²) >= 11 is 0. The Hall–Kier alpha value is -4.51. The molecule has 40 heavy (non-hydrogen) atoms. The molecule has 11 nitrogen and oxygen atoms in total. The lowest BCUT2D eigenvalue weighted by atomic mass is 10.0. The van der Waals surface area contributed by atoms with E-state index in [4.69, 9.17) is 15.1 Å². The molecule has 0 bridgehead atoms. The molecule has 1 atom stereocenters. The molecule has 1 saturated heterocycles. The fraction of sp³-hybridized carbons (Fsp3) is 0.345. The molecule has 1 aromatic carbocycles. The first-order valence-electron chi connectivity index (χ1n) is 13.5. The van der Waals surface area contributed by atoms with Crippen molar-refractivity contribution in [2.75, 3.05) is 38.1 Å². The third-order valence-electron chi connectivity index (χ3n) is 7.52. The van der Waals surface area contributed by atoms with Gasteiger partial charge >= 0.3 is 0 Å². The number of aromatic nitrogens is 3. The maximum atomic E-state index is 13.1. The number of hydrogen-bond acceptors (Lipinski definition) is 9. The molecule has 204 valence electrons. The number of anilines is 1. The highest BCUT2D eigenvalue weighted by atomic mass is 16.3. The van der Waals surface area contributed by atoms with Crippen LogP contribution in [0.15, 0.2) is 71.2 Å². The molecule has 6 rings (SSSR count). The van der Waals surface area contributed by atoms with E-state index in [1.807, 2.05) is 12.1 Å². The Kier molecular flexibility index (Phi) is 7.28. The SMILES string of the molecule is O=C(CO)N1CCN(C(=O)CC2N=C(c3ccncc3)C(c3cnc(NC4Cc5ccccc5C4)nc3)=N2)CC1. The molecular weight excluding hydrogens is 508 g/mol. The highest BCUT2D eigenvalue weighted by Crippen LogP contribution is 2.24. The zero-order valence-electron chi connectivity index (χ0n) is 22.0. The quantitative estimate of drug-likeness (QED) is 0.460. The molecule has 2 amide bonds. The van der Waals surface area contributed by atoms with Gasteiger partial charge < -0.3 is 20.2 Å². The second kappa shape index (κ2) is 11.3. The molecular formula is C29H30N8O3. The lowest BCUT2D eigenvalue weighted by Gasteiger charge is -2.34. The zero-order valence-corrected chi connectivity index (χ0v) is 22.0. The van der Waals surface area contributed by atoms with E-state index in [0.29, 0.717) is 43.6 Å². The van der Waals surface area contributed by atoms with Crippen LogP contribution in [0.4, 0.5) is 5.95 Å². The molecule has 2 aliphatic heterocycles. The summed E-state index contributed by atoms with van der Waals surface area (Å²) in [6.45, 7) is 1.13. The minimum atomic E-state index is -0.572. The number of rotatable bonds is 7. The van der Waals surface area contributed by atoms with Gasteiger partial charge in [0.25, 0.3) is 0 Å². The van der Waals surface area contributed by atoms with Gasteiger partial charge in [0.2, 0.25) is 17.8 Å². The molecule has 1 aliphatic carbocycles. The molecule has 3 aromatic rings. The smallest absolute Gasteiger partial charge is 0.248 e. The second-order valence-corrected chi connectivity index (χ2v) is 10.1. The van der Waals surface area contributed by atoms with Crippen molar-refractivity contribution in [1.29, 1.82) is 0 Å². The number of nitrogens with one attached hydrogen (secondary N) is 1. The summed E-state index contributed by atoms with van der Waals surface area (Å²) in [6.07, 6.45) is 8.31. The van der Waals surface area contributed by atoms with Crippen molar-refractivity contribution in [2.24, 2.45) is 9.98 Å². The summed E-state index contributed by atoms with van der Waals surface area (Å²) in [5.74, 6) is 0.172. The Morgan fingerprint density at radius 1 is 0.825 bits per heavy atom. The molecule has 2 aromatic heterocycles. The van der Waals surface area contributed by atoms with E-state index in [1.54, 1.807) is 34.6 Å². The number of fused-ring (bicyclic) bond motifs is 1. The van der Waals surface area contributed by atoms with Crippen LogP contribution in [0.25, 0.3) is 0 Å². The van der Waals surface area contributed by atoms with Gasteiger partial charge in [0.15, 0.2) is 0 Å². The van der Waals surface area contributed by atoms with Gasteiger partial charge in [-0.2, -0.15) is 0 Å². The van der Waals surface area contributed by atoms with Crippen LogP contribution < -0.4 is 5.32 Å². The van der Waals surface area contributed by atoms with E-state index in [1.165, 1.54) is 11.1 Å². The summed E-state index contributed by atoms with van der Waals surface area (Å²) in [5, 5.41) is 12.5. The summed E-state index contributed by atoms with van der Waals surface area (Å²) in [4.78, 5) is 51.0. The van der Waals surface area contributed by atoms with E-state index in [-0.39, 0.29) is 24.3 Å². The summed E-state index contributed by atoms with van der Waals surface area (Å²) in [5.41, 5.74) is 5.61. The Bertz CT molecular complexity index is 1420. The van der Waals surface area contributed by atoms with E-state index >= 15 is 0 Å². The first-order chi connectivity index (χ1) is 19.6. The van der Waals surface area contributed by atoms with Crippen LogP contribution in [0.2, 0.25) is 0 Å². The fourth-order valence-electron chi connectivity index (χ4n) is 5.43. The third-order valence-corrected chi connectivity index (χ3v) is 7.52. The van der Waals surface area contributed by atoms with Gasteiger partial charge in [0, 0.05) is 68.1 Å². The highest BCUT2D eigenvalue weighted by Gasteiger charge is 2.30. The Morgan fingerprint density at radius 3 is 2.00 bits per heavy atom. The highest BCUT2D eigenvalue weighted by molar-refractivity contribution is 6.54. The summed E-state index contributed by atoms with van der Waals surface area (Å²) in [6, 6.07) is 12.4. The second-order valence-electron chi connectivity index (χ2n) is 10.1. The van der Waals surface area contributed by atoms with Crippen LogP contribution in [0.1, 0.15) is 28.7 Å². The number of nitrogens with zero attached hydrogens (tertiary/aromatic N) is 7. The number of hydrogen-bond donors (Lipinski definition) is 2. The van der Waals surface area contributed by atoms with Crippen LogP contribution in [0, 0.1) is 0 Å². The van der Waals surface area contributed by atoms with Gasteiger partial charge in [-0.15, -0.1) is 0 Å². The van der Waals surface area contributed by atoms with Crippen molar-refractivity contribution >= 4 is 29.2 Å². The number of aliphatic imine (C=N–C) groups is 2. The van der Waals surface area contributed by atoms with Crippen LogP contribution in [-0.2, 0) is 22.4 Å². The van der Waals surface area contributed by atoms with E-state index in [9.17, 15) is 9.59 Å². The topological polar surface area (TPSA) is 136 Å². The number of aliphatic hydroxyl groups is 1. The number of aliphatic hydroxyl groups excluding tert-OH is 1. The van der Waals surface area contributed by atoms with Gasteiger partial charge in [-0.05, 0) is 36.1 Å². The largest absolute Gasteiger partial charge is 0.387 e. The molecule has 0 saturated carbocycles. The zero-order chi connectivity index (χ0) is 27.5. The standard InChI is InChI=1S/C29H30N8O3/c38-18-26(40)37-11-9-36(10-12-37)25(39)15-24-34-27(19-5-7-30-8-6-19)28(35-24)22-16-31-29(32-17-22)33-23-13-20-3-1-2-4-21(20)14-23/h1-8,16-17,23-24,38H,9-15,18H2,(H,31,32,33). The predicted octanol–water partition coefficient (Wildman–Crippen LogP) is 1.12. The number of amides is 2. The van der Waals surface area contributed by atoms with E-state index in [2.05, 4.69) is 44.5 Å². The fourth-order valence-corrected chi connectivity index (χ4v) is 5.43. The van der Waals surface area contributed by atoms with Crippen molar-refractivity contribution in [2.45, 2.75) is 31.5 Å². The van der Waals surface area contributed by atoms with Crippen molar-refractivity contribution in [3.63, 3.8) is 0 Å². The average molecular weight is 539 g/mol. The maximum Gasteiger partial charge on any atom is 0.248 e. The van der Waals surface area contributed by atoms with Gasteiger partial charge in [0.05, 0.1) is 17.8 Å². The van der Waals surface area contributed by atoms with Crippen LogP contribution in [-0.4, -0.2) is 98.1 Å².